The van der Waals surface area contributed by atoms with Crippen LogP contribution >= 0.6 is 0 Å². The van der Waals surface area contributed by atoms with E-state index in [1.165, 1.54) is 19.2 Å². The highest BCUT2D eigenvalue weighted by atomic mass is 19.1. The van der Waals surface area contributed by atoms with E-state index in [1.807, 2.05) is 37.5 Å². The number of fused-ring (bicyclic) bond motifs is 1. The highest BCUT2D eigenvalue weighted by Crippen LogP contribution is 2.31. The van der Waals surface area contributed by atoms with Gasteiger partial charge in [-0.1, -0.05) is 6.92 Å². The van der Waals surface area contributed by atoms with Gasteiger partial charge in [0, 0.05) is 48.9 Å². The van der Waals surface area contributed by atoms with Crippen LogP contribution in [0.25, 0.3) is 22.3 Å². The molecule has 0 bridgehead atoms. The van der Waals surface area contributed by atoms with Gasteiger partial charge in [-0.05, 0) is 30.7 Å². The van der Waals surface area contributed by atoms with E-state index in [2.05, 4.69) is 21.9 Å². The maximum atomic E-state index is 14.1. The third-order valence-corrected chi connectivity index (χ3v) is 4.69. The van der Waals surface area contributed by atoms with Gasteiger partial charge in [0.05, 0.1) is 36.2 Å². The number of hydrogen-bond donors (Lipinski definition) is 0. The van der Waals surface area contributed by atoms with E-state index in [9.17, 15) is 4.39 Å². The second-order valence-electron chi connectivity index (χ2n) is 6.83. The third-order valence-electron chi connectivity index (χ3n) is 4.69. The van der Waals surface area contributed by atoms with Crippen LogP contribution in [0, 0.1) is 5.82 Å². The van der Waals surface area contributed by atoms with E-state index in [0.717, 1.165) is 46.6 Å². The molecule has 148 valence electrons. The molecule has 0 atom stereocenters. The second-order valence-corrected chi connectivity index (χ2v) is 6.83. The molecule has 0 aliphatic rings. The standard InChI is InChI=1S/C22H22FN5O/c1-4-7-28(18-8-16(23)9-19(10-18)29-3)17-5-6-20-21(11-17)26-22(13-24-20)15-12-25-27(2)14-15/h5-6,8-14H,4,7H2,1-3H3. The van der Waals surface area contributed by atoms with Crippen LogP contribution in [0.2, 0.25) is 0 Å². The first-order valence-corrected chi connectivity index (χ1v) is 9.45. The molecule has 7 heteroatoms. The Hall–Kier alpha value is -3.48. The Balaban J connectivity index is 1.78. The normalized spacial score (nSPS) is 11.0. The van der Waals surface area contributed by atoms with E-state index in [-0.39, 0.29) is 5.82 Å². The summed E-state index contributed by atoms with van der Waals surface area (Å²) in [7, 11) is 3.40. The van der Waals surface area contributed by atoms with Gasteiger partial charge in [0.25, 0.3) is 0 Å². The molecule has 0 amide bonds. The zero-order chi connectivity index (χ0) is 20.4. The van der Waals surface area contributed by atoms with Crippen molar-refractivity contribution in [1.29, 1.82) is 0 Å². The Bertz CT molecular complexity index is 1160. The highest BCUT2D eigenvalue weighted by Gasteiger charge is 2.13. The Labute approximate surface area is 168 Å². The van der Waals surface area contributed by atoms with Crippen molar-refractivity contribution in [2.75, 3.05) is 18.6 Å². The first-order chi connectivity index (χ1) is 14.1. The van der Waals surface area contributed by atoms with Crippen LogP contribution in [0.15, 0.2) is 55.0 Å². The van der Waals surface area contributed by atoms with Crippen molar-refractivity contribution in [3.05, 3.63) is 60.8 Å². The van der Waals surface area contributed by atoms with Crippen LogP contribution in [0.5, 0.6) is 5.75 Å². The molecule has 0 saturated carbocycles. The van der Waals surface area contributed by atoms with Crippen molar-refractivity contribution in [3.63, 3.8) is 0 Å². The summed E-state index contributed by atoms with van der Waals surface area (Å²) in [6.45, 7) is 2.82. The highest BCUT2D eigenvalue weighted by molar-refractivity contribution is 5.82. The lowest BCUT2D eigenvalue weighted by atomic mass is 10.2. The minimum atomic E-state index is -0.333. The Morgan fingerprint density at radius 2 is 1.93 bits per heavy atom. The number of anilines is 2. The number of rotatable bonds is 6. The molecule has 2 aromatic carbocycles. The first-order valence-electron chi connectivity index (χ1n) is 9.45. The summed E-state index contributed by atoms with van der Waals surface area (Å²) in [5.74, 6) is 0.153. The maximum Gasteiger partial charge on any atom is 0.128 e. The largest absolute Gasteiger partial charge is 0.497 e. The molecule has 4 rings (SSSR count). The summed E-state index contributed by atoms with van der Waals surface area (Å²) in [5.41, 5.74) is 4.90. The van der Waals surface area contributed by atoms with Crippen molar-refractivity contribution >= 4 is 22.4 Å². The molecule has 0 aliphatic carbocycles. The average molecular weight is 391 g/mol. The van der Waals surface area contributed by atoms with E-state index in [0.29, 0.717) is 5.75 Å². The second kappa shape index (κ2) is 7.87. The number of ether oxygens (including phenoxy) is 1. The number of hydrogen-bond acceptors (Lipinski definition) is 5. The number of aromatic nitrogens is 4. The van der Waals surface area contributed by atoms with Crippen molar-refractivity contribution in [3.8, 4) is 17.0 Å². The van der Waals surface area contributed by atoms with Crippen molar-refractivity contribution in [1.82, 2.24) is 19.7 Å². The minimum Gasteiger partial charge on any atom is -0.497 e. The van der Waals surface area contributed by atoms with Crippen molar-refractivity contribution in [2.45, 2.75) is 13.3 Å². The van der Waals surface area contributed by atoms with Crippen molar-refractivity contribution < 1.29 is 9.13 Å². The van der Waals surface area contributed by atoms with Gasteiger partial charge in [-0.2, -0.15) is 5.10 Å². The number of methoxy groups -OCH3 is 1. The van der Waals surface area contributed by atoms with Crippen LogP contribution in [0.1, 0.15) is 13.3 Å². The van der Waals surface area contributed by atoms with Gasteiger partial charge < -0.3 is 9.64 Å². The van der Waals surface area contributed by atoms with Gasteiger partial charge in [-0.3, -0.25) is 9.67 Å². The summed E-state index contributed by atoms with van der Waals surface area (Å²) >= 11 is 0. The summed E-state index contributed by atoms with van der Waals surface area (Å²) in [4.78, 5) is 11.4. The zero-order valence-corrected chi connectivity index (χ0v) is 16.6. The third kappa shape index (κ3) is 3.89. The van der Waals surface area contributed by atoms with Gasteiger partial charge in [-0.15, -0.1) is 0 Å². The fourth-order valence-corrected chi connectivity index (χ4v) is 3.31. The lowest BCUT2D eigenvalue weighted by Crippen LogP contribution is -2.18. The van der Waals surface area contributed by atoms with Crippen LogP contribution in [0.4, 0.5) is 15.8 Å². The fraction of sp³-hybridized carbons (Fsp3) is 0.227. The molecule has 6 nitrogen and oxygen atoms in total. The Morgan fingerprint density at radius 1 is 1.07 bits per heavy atom. The Morgan fingerprint density at radius 3 is 2.66 bits per heavy atom. The molecule has 0 radical (unpaired) electrons. The molecule has 4 aromatic rings. The van der Waals surface area contributed by atoms with E-state index in [1.54, 1.807) is 17.1 Å². The summed E-state index contributed by atoms with van der Waals surface area (Å²) in [5, 5.41) is 4.20. The number of halogens is 1. The fourth-order valence-electron chi connectivity index (χ4n) is 3.31. The van der Waals surface area contributed by atoms with Gasteiger partial charge in [-0.25, -0.2) is 9.37 Å². The topological polar surface area (TPSA) is 56.1 Å². The molecular weight excluding hydrogens is 369 g/mol. The predicted octanol–water partition coefficient (Wildman–Crippen LogP) is 4.73. The Kier molecular flexibility index (Phi) is 5.12. The van der Waals surface area contributed by atoms with E-state index >= 15 is 0 Å². The maximum absolute atomic E-state index is 14.1. The quantitative estimate of drug-likeness (QED) is 0.476. The molecule has 0 unspecified atom stereocenters. The van der Waals surface area contributed by atoms with Crippen LogP contribution in [-0.4, -0.2) is 33.4 Å². The molecular formula is C22H22FN5O. The molecule has 2 aromatic heterocycles. The van der Waals surface area contributed by atoms with E-state index < -0.39 is 0 Å². The molecule has 29 heavy (non-hydrogen) atoms. The SMILES string of the molecule is CCCN(c1cc(F)cc(OC)c1)c1ccc2ncc(-c3cnn(C)c3)nc2c1. The zero-order valence-electron chi connectivity index (χ0n) is 16.6. The van der Waals surface area contributed by atoms with Gasteiger partial charge in [0.1, 0.15) is 11.6 Å². The van der Waals surface area contributed by atoms with Gasteiger partial charge in [0.15, 0.2) is 0 Å². The van der Waals surface area contributed by atoms with Crippen LogP contribution in [0.3, 0.4) is 0 Å². The molecule has 0 saturated heterocycles. The molecule has 2 heterocycles. The van der Waals surface area contributed by atoms with Crippen molar-refractivity contribution in [2.24, 2.45) is 7.05 Å². The molecule has 0 aliphatic heterocycles. The average Bonchev–Trinajstić information content (AvgIpc) is 3.17. The lowest BCUT2D eigenvalue weighted by molar-refractivity contribution is 0.411. The van der Waals surface area contributed by atoms with E-state index in [4.69, 9.17) is 9.72 Å². The summed E-state index contributed by atoms with van der Waals surface area (Å²) in [6, 6.07) is 10.6. The number of nitrogens with zero attached hydrogens (tertiary/aromatic N) is 5. The summed E-state index contributed by atoms with van der Waals surface area (Å²) in [6.07, 6.45) is 6.32. The minimum absolute atomic E-state index is 0.333. The molecule has 0 N–H and O–H groups in total. The summed E-state index contributed by atoms with van der Waals surface area (Å²) < 4.78 is 21.1. The molecule has 0 fully saturated rings. The first kappa shape index (κ1) is 18.9. The van der Waals surface area contributed by atoms with Crippen LogP contribution < -0.4 is 9.64 Å². The number of benzene rings is 2. The monoisotopic (exact) mass is 391 g/mol. The molecule has 0 spiro atoms. The number of aryl methyl sites for hydroxylation is 1. The van der Waals surface area contributed by atoms with Gasteiger partial charge in [0.2, 0.25) is 0 Å². The van der Waals surface area contributed by atoms with Crippen LogP contribution in [-0.2, 0) is 7.05 Å². The van der Waals surface area contributed by atoms with Gasteiger partial charge >= 0.3 is 0 Å². The predicted molar refractivity (Wildman–Crippen MR) is 112 cm³/mol. The smallest absolute Gasteiger partial charge is 0.128 e. The lowest BCUT2D eigenvalue weighted by Gasteiger charge is -2.25.